The molecule has 0 aliphatic carbocycles. The number of thioether (sulfide) groups is 1. The molecule has 0 spiro atoms. The molecule has 0 saturated carbocycles. The second-order valence-corrected chi connectivity index (χ2v) is 5.74. The molecule has 1 unspecified atom stereocenters. The molecule has 3 heteroatoms. The number of nitrogens with one attached hydrogen (secondary N) is 1. The van der Waals surface area contributed by atoms with E-state index >= 15 is 0 Å². The van der Waals surface area contributed by atoms with Crippen LogP contribution < -0.4 is 10.1 Å². The van der Waals surface area contributed by atoms with Crippen LogP contribution in [-0.4, -0.2) is 24.7 Å². The third-order valence-electron chi connectivity index (χ3n) is 2.73. The number of rotatable bonds is 8. The van der Waals surface area contributed by atoms with Gasteiger partial charge in [0.25, 0.3) is 0 Å². The first kappa shape index (κ1) is 15.4. The maximum Gasteiger partial charge on any atom is 0.119 e. The predicted octanol–water partition coefficient (Wildman–Crippen LogP) is 3.88. The molecular formula is C15H25NOS. The van der Waals surface area contributed by atoms with Crippen LogP contribution >= 0.6 is 11.8 Å². The van der Waals surface area contributed by atoms with Crippen LogP contribution in [-0.2, 0) is 0 Å². The van der Waals surface area contributed by atoms with Crippen molar-refractivity contribution in [3.05, 3.63) is 29.8 Å². The lowest BCUT2D eigenvalue weighted by atomic mass is 10.1. The molecule has 0 fully saturated rings. The van der Waals surface area contributed by atoms with Gasteiger partial charge in [0.05, 0.1) is 6.10 Å². The van der Waals surface area contributed by atoms with E-state index in [4.69, 9.17) is 4.74 Å². The average molecular weight is 267 g/mol. The van der Waals surface area contributed by atoms with Crippen LogP contribution in [0, 0.1) is 0 Å². The smallest absolute Gasteiger partial charge is 0.119 e. The molecule has 0 heterocycles. The molecule has 102 valence electrons. The summed E-state index contributed by atoms with van der Waals surface area (Å²) in [5.74, 6) is 2.17. The van der Waals surface area contributed by atoms with E-state index in [9.17, 15) is 0 Å². The van der Waals surface area contributed by atoms with Crippen LogP contribution in [0.15, 0.2) is 24.3 Å². The first-order chi connectivity index (χ1) is 8.63. The van der Waals surface area contributed by atoms with Gasteiger partial charge < -0.3 is 10.1 Å². The molecule has 0 radical (unpaired) electrons. The maximum absolute atomic E-state index is 5.64. The summed E-state index contributed by atoms with van der Waals surface area (Å²) in [4.78, 5) is 0. The van der Waals surface area contributed by atoms with Gasteiger partial charge in [-0.05, 0) is 63.4 Å². The highest BCUT2D eigenvalue weighted by molar-refractivity contribution is 7.98. The molecule has 0 bridgehead atoms. The van der Waals surface area contributed by atoms with Crippen LogP contribution in [0.4, 0.5) is 0 Å². The van der Waals surface area contributed by atoms with Gasteiger partial charge >= 0.3 is 0 Å². The fraction of sp³-hybridized carbons (Fsp3) is 0.600. The van der Waals surface area contributed by atoms with Gasteiger partial charge in [0.15, 0.2) is 0 Å². The van der Waals surface area contributed by atoms with E-state index in [0.29, 0.717) is 6.04 Å². The molecule has 0 aliphatic rings. The second-order valence-electron chi connectivity index (χ2n) is 4.76. The van der Waals surface area contributed by atoms with Crippen molar-refractivity contribution < 1.29 is 4.74 Å². The van der Waals surface area contributed by atoms with Gasteiger partial charge in [0.1, 0.15) is 5.75 Å². The molecule has 18 heavy (non-hydrogen) atoms. The normalized spacial score (nSPS) is 12.7. The third-order valence-corrected chi connectivity index (χ3v) is 3.42. The number of ether oxygens (including phenoxy) is 1. The largest absolute Gasteiger partial charge is 0.491 e. The SMILES string of the molecule is CSCCCNC(C)c1ccc(OC(C)C)cc1. The highest BCUT2D eigenvalue weighted by atomic mass is 32.2. The van der Waals surface area contributed by atoms with Crippen molar-refractivity contribution in [2.45, 2.75) is 39.3 Å². The third kappa shape index (κ3) is 5.78. The number of benzene rings is 1. The van der Waals surface area contributed by atoms with E-state index in [-0.39, 0.29) is 6.10 Å². The Morgan fingerprint density at radius 2 is 1.83 bits per heavy atom. The van der Waals surface area contributed by atoms with Gasteiger partial charge in [-0.2, -0.15) is 11.8 Å². The molecule has 1 aromatic rings. The van der Waals surface area contributed by atoms with Crippen molar-refractivity contribution in [2.24, 2.45) is 0 Å². The zero-order valence-electron chi connectivity index (χ0n) is 11.9. The average Bonchev–Trinajstić information content (AvgIpc) is 2.34. The Hall–Kier alpha value is -0.670. The molecule has 1 N–H and O–H groups in total. The van der Waals surface area contributed by atoms with Gasteiger partial charge in [0, 0.05) is 6.04 Å². The highest BCUT2D eigenvalue weighted by Crippen LogP contribution is 2.18. The first-order valence-electron chi connectivity index (χ1n) is 6.62. The number of hydrogen-bond donors (Lipinski definition) is 1. The van der Waals surface area contributed by atoms with E-state index in [0.717, 1.165) is 12.3 Å². The lowest BCUT2D eigenvalue weighted by Crippen LogP contribution is -2.20. The van der Waals surface area contributed by atoms with Crippen LogP contribution in [0.2, 0.25) is 0 Å². The number of hydrogen-bond acceptors (Lipinski definition) is 3. The van der Waals surface area contributed by atoms with Crippen molar-refractivity contribution >= 4 is 11.8 Å². The summed E-state index contributed by atoms with van der Waals surface area (Å²) >= 11 is 1.90. The van der Waals surface area contributed by atoms with Gasteiger partial charge in [0.2, 0.25) is 0 Å². The molecule has 0 amide bonds. The quantitative estimate of drug-likeness (QED) is 0.722. The van der Waals surface area contributed by atoms with Gasteiger partial charge in [-0.3, -0.25) is 0 Å². The maximum atomic E-state index is 5.64. The first-order valence-corrected chi connectivity index (χ1v) is 8.01. The summed E-state index contributed by atoms with van der Waals surface area (Å²) < 4.78 is 5.64. The predicted molar refractivity (Wildman–Crippen MR) is 81.6 cm³/mol. The topological polar surface area (TPSA) is 21.3 Å². The lowest BCUT2D eigenvalue weighted by Gasteiger charge is -2.15. The Balaban J connectivity index is 2.41. The van der Waals surface area contributed by atoms with Crippen molar-refractivity contribution in [1.82, 2.24) is 5.32 Å². The van der Waals surface area contributed by atoms with Crippen molar-refractivity contribution in [2.75, 3.05) is 18.6 Å². The zero-order valence-corrected chi connectivity index (χ0v) is 12.7. The van der Waals surface area contributed by atoms with Gasteiger partial charge in [-0.1, -0.05) is 12.1 Å². The summed E-state index contributed by atoms with van der Waals surface area (Å²) in [7, 11) is 0. The van der Waals surface area contributed by atoms with Crippen LogP contribution in [0.25, 0.3) is 0 Å². The summed E-state index contributed by atoms with van der Waals surface area (Å²) in [6.07, 6.45) is 3.61. The molecule has 1 atom stereocenters. The Morgan fingerprint density at radius 3 is 2.39 bits per heavy atom. The minimum absolute atomic E-state index is 0.234. The Morgan fingerprint density at radius 1 is 1.17 bits per heavy atom. The molecule has 1 rings (SSSR count). The van der Waals surface area contributed by atoms with Gasteiger partial charge in [-0.25, -0.2) is 0 Å². The van der Waals surface area contributed by atoms with Crippen LogP contribution in [0.5, 0.6) is 5.75 Å². The minimum atomic E-state index is 0.234. The Labute approximate surface area is 116 Å². The lowest BCUT2D eigenvalue weighted by molar-refractivity contribution is 0.242. The van der Waals surface area contributed by atoms with Crippen molar-refractivity contribution in [3.63, 3.8) is 0 Å². The summed E-state index contributed by atoms with van der Waals surface area (Å²) in [6.45, 7) is 7.37. The van der Waals surface area contributed by atoms with E-state index in [1.807, 2.05) is 25.6 Å². The van der Waals surface area contributed by atoms with Crippen LogP contribution in [0.1, 0.15) is 38.8 Å². The fourth-order valence-electron chi connectivity index (χ4n) is 1.76. The van der Waals surface area contributed by atoms with E-state index in [2.05, 4.69) is 42.8 Å². The summed E-state index contributed by atoms with van der Waals surface area (Å²) in [6, 6.07) is 8.79. The Bertz CT molecular complexity index is 324. The van der Waals surface area contributed by atoms with E-state index in [1.165, 1.54) is 17.7 Å². The van der Waals surface area contributed by atoms with Crippen LogP contribution in [0.3, 0.4) is 0 Å². The van der Waals surface area contributed by atoms with E-state index < -0.39 is 0 Å². The fourth-order valence-corrected chi connectivity index (χ4v) is 2.19. The van der Waals surface area contributed by atoms with Gasteiger partial charge in [-0.15, -0.1) is 0 Å². The zero-order chi connectivity index (χ0) is 13.4. The molecular weight excluding hydrogens is 242 g/mol. The molecule has 2 nitrogen and oxygen atoms in total. The summed E-state index contributed by atoms with van der Waals surface area (Å²) in [5.41, 5.74) is 1.32. The molecule has 0 aliphatic heterocycles. The monoisotopic (exact) mass is 267 g/mol. The second kappa shape index (κ2) is 8.44. The summed E-state index contributed by atoms with van der Waals surface area (Å²) in [5, 5.41) is 3.54. The van der Waals surface area contributed by atoms with Crippen molar-refractivity contribution in [1.29, 1.82) is 0 Å². The highest BCUT2D eigenvalue weighted by Gasteiger charge is 2.05. The molecule has 0 aromatic heterocycles. The minimum Gasteiger partial charge on any atom is -0.491 e. The van der Waals surface area contributed by atoms with Crippen molar-refractivity contribution in [3.8, 4) is 5.75 Å². The standard InChI is InChI=1S/C15H25NOS/c1-12(2)17-15-8-6-14(7-9-15)13(3)16-10-5-11-18-4/h6-9,12-13,16H,5,10-11H2,1-4H3. The molecule has 1 aromatic carbocycles. The Kier molecular flexibility index (Phi) is 7.21. The molecule has 0 saturated heterocycles. The van der Waals surface area contributed by atoms with E-state index in [1.54, 1.807) is 0 Å².